The van der Waals surface area contributed by atoms with Crippen LogP contribution in [0.2, 0.25) is 0 Å². The van der Waals surface area contributed by atoms with E-state index < -0.39 is 0 Å². The van der Waals surface area contributed by atoms with Crippen LogP contribution in [0.1, 0.15) is 19.3 Å². The molecule has 2 N–H and O–H groups in total. The Hall–Kier alpha value is -1.92. The molecule has 0 radical (unpaired) electrons. The zero-order valence-electron chi connectivity index (χ0n) is 12.7. The summed E-state index contributed by atoms with van der Waals surface area (Å²) in [5.41, 5.74) is 0.601. The lowest BCUT2D eigenvalue weighted by Crippen LogP contribution is -2.93. The number of benzene rings is 1. The molecule has 2 aliphatic heterocycles. The van der Waals surface area contributed by atoms with Crippen LogP contribution in [-0.2, 0) is 14.3 Å². The molecule has 6 heteroatoms. The third kappa shape index (κ3) is 2.98. The van der Waals surface area contributed by atoms with Crippen molar-refractivity contribution in [2.45, 2.75) is 31.4 Å². The third-order valence-electron chi connectivity index (χ3n) is 4.22. The molecule has 2 amide bonds. The van der Waals surface area contributed by atoms with Crippen molar-refractivity contribution in [1.29, 1.82) is 0 Å². The summed E-state index contributed by atoms with van der Waals surface area (Å²) in [6, 6.07) is 6.63. The van der Waals surface area contributed by atoms with Gasteiger partial charge in [-0.1, -0.05) is 0 Å². The molecule has 2 aliphatic rings. The number of carbonyl (C=O) groups excluding carboxylic acids is 2. The van der Waals surface area contributed by atoms with Crippen molar-refractivity contribution in [2.24, 2.45) is 0 Å². The fourth-order valence-corrected chi connectivity index (χ4v) is 2.99. The van der Waals surface area contributed by atoms with Crippen molar-refractivity contribution >= 4 is 17.5 Å². The van der Waals surface area contributed by atoms with Gasteiger partial charge < -0.3 is 14.8 Å². The van der Waals surface area contributed by atoms with Crippen LogP contribution < -0.4 is 15.0 Å². The van der Waals surface area contributed by atoms with Gasteiger partial charge in [0.15, 0.2) is 6.04 Å². The summed E-state index contributed by atoms with van der Waals surface area (Å²) >= 11 is 0. The molecule has 0 aromatic heterocycles. The van der Waals surface area contributed by atoms with Gasteiger partial charge in [0.1, 0.15) is 18.4 Å². The zero-order chi connectivity index (χ0) is 15.5. The Morgan fingerprint density at radius 2 is 2.09 bits per heavy atom. The van der Waals surface area contributed by atoms with Crippen LogP contribution in [0.25, 0.3) is 0 Å². The Kier molecular flexibility index (Phi) is 4.40. The van der Waals surface area contributed by atoms with E-state index >= 15 is 0 Å². The Labute approximate surface area is 129 Å². The largest absolute Gasteiger partial charge is 0.497 e. The molecule has 22 heavy (non-hydrogen) atoms. The number of anilines is 1. The zero-order valence-corrected chi connectivity index (χ0v) is 12.7. The highest BCUT2D eigenvalue weighted by molar-refractivity contribution is 6.21. The summed E-state index contributed by atoms with van der Waals surface area (Å²) in [6.07, 6.45) is 2.57. The van der Waals surface area contributed by atoms with Gasteiger partial charge in [-0.15, -0.1) is 0 Å². The van der Waals surface area contributed by atoms with Crippen LogP contribution in [0.15, 0.2) is 24.3 Å². The van der Waals surface area contributed by atoms with E-state index in [0.29, 0.717) is 11.4 Å². The number of nitrogens with two attached hydrogens (primary N) is 1. The lowest BCUT2D eigenvalue weighted by molar-refractivity contribution is -0.680. The van der Waals surface area contributed by atoms with Gasteiger partial charge in [-0.25, -0.2) is 4.90 Å². The van der Waals surface area contributed by atoms with Gasteiger partial charge in [0.2, 0.25) is 5.91 Å². The van der Waals surface area contributed by atoms with Gasteiger partial charge in [0.05, 0.1) is 19.2 Å². The fourth-order valence-electron chi connectivity index (χ4n) is 2.99. The van der Waals surface area contributed by atoms with E-state index in [1.165, 1.54) is 4.90 Å². The number of rotatable bonds is 5. The highest BCUT2D eigenvalue weighted by Crippen LogP contribution is 2.24. The molecule has 2 heterocycles. The second kappa shape index (κ2) is 6.46. The van der Waals surface area contributed by atoms with Crippen molar-refractivity contribution in [2.75, 3.05) is 25.2 Å². The maximum Gasteiger partial charge on any atom is 0.292 e. The van der Waals surface area contributed by atoms with Gasteiger partial charge in [-0.05, 0) is 37.1 Å². The monoisotopic (exact) mass is 305 g/mol. The standard InChI is InChI=1S/C16H20N2O4/c1-21-12-6-4-11(5-7-12)18-15(19)9-14(16(18)20)17-10-13-3-2-8-22-13/h4-7,13-14,17H,2-3,8-10H2,1H3/p+1/t13-,14-/m0/s1. The van der Waals surface area contributed by atoms with Crippen LogP contribution in [0, 0.1) is 0 Å². The predicted octanol–water partition coefficient (Wildman–Crippen LogP) is 0.0695. The van der Waals surface area contributed by atoms with Crippen LogP contribution in [0.3, 0.4) is 0 Å². The quantitative estimate of drug-likeness (QED) is 0.781. The first-order valence-corrected chi connectivity index (χ1v) is 7.65. The number of ether oxygens (including phenoxy) is 2. The molecule has 1 aromatic carbocycles. The van der Waals surface area contributed by atoms with Crippen LogP contribution in [0.4, 0.5) is 5.69 Å². The molecule has 0 saturated carbocycles. The number of amides is 2. The van der Waals surface area contributed by atoms with E-state index in [4.69, 9.17) is 9.47 Å². The van der Waals surface area contributed by atoms with E-state index in [2.05, 4.69) is 0 Å². The van der Waals surface area contributed by atoms with Gasteiger partial charge in [0.25, 0.3) is 5.91 Å². The highest BCUT2D eigenvalue weighted by Gasteiger charge is 2.42. The van der Waals surface area contributed by atoms with Crippen molar-refractivity contribution in [3.05, 3.63) is 24.3 Å². The number of methoxy groups -OCH3 is 1. The summed E-state index contributed by atoms with van der Waals surface area (Å²) in [4.78, 5) is 25.9. The predicted molar refractivity (Wildman–Crippen MR) is 79.7 cm³/mol. The van der Waals surface area contributed by atoms with Crippen LogP contribution >= 0.6 is 0 Å². The summed E-state index contributed by atoms with van der Waals surface area (Å²) in [5.74, 6) is 0.404. The van der Waals surface area contributed by atoms with E-state index in [9.17, 15) is 9.59 Å². The SMILES string of the molecule is COc1ccc(N2C(=O)C[C@H]([NH2+]C[C@@H]3CCCO3)C2=O)cc1. The Bertz CT molecular complexity index is 552. The van der Waals surface area contributed by atoms with E-state index in [-0.39, 0.29) is 30.4 Å². The Balaban J connectivity index is 1.65. The molecule has 2 atom stereocenters. The number of carbonyl (C=O) groups is 2. The minimum absolute atomic E-state index is 0.145. The number of quaternary nitrogens is 1. The average molecular weight is 305 g/mol. The second-order valence-electron chi connectivity index (χ2n) is 5.68. The Morgan fingerprint density at radius 1 is 1.32 bits per heavy atom. The molecular formula is C16H21N2O4+. The molecule has 0 unspecified atom stereocenters. The average Bonchev–Trinajstić information content (AvgIpc) is 3.14. The number of nitrogens with zero attached hydrogens (tertiary/aromatic N) is 1. The molecule has 1 aromatic rings. The topological polar surface area (TPSA) is 72.4 Å². The molecule has 0 bridgehead atoms. The summed E-state index contributed by atoms with van der Waals surface area (Å²) < 4.78 is 10.7. The maximum atomic E-state index is 12.5. The maximum absolute atomic E-state index is 12.5. The first kappa shape index (κ1) is 15.0. The molecule has 0 aliphatic carbocycles. The van der Waals surface area contributed by atoms with E-state index in [0.717, 1.165) is 26.0 Å². The molecular weight excluding hydrogens is 284 g/mol. The molecule has 6 nitrogen and oxygen atoms in total. The van der Waals surface area contributed by atoms with E-state index in [1.54, 1.807) is 31.4 Å². The van der Waals surface area contributed by atoms with Gasteiger partial charge in [-0.2, -0.15) is 0 Å². The smallest absolute Gasteiger partial charge is 0.292 e. The first-order valence-electron chi connectivity index (χ1n) is 7.65. The fraction of sp³-hybridized carbons (Fsp3) is 0.500. The highest BCUT2D eigenvalue weighted by atomic mass is 16.5. The number of hydrogen-bond acceptors (Lipinski definition) is 4. The molecule has 2 fully saturated rings. The number of imide groups is 1. The third-order valence-corrected chi connectivity index (χ3v) is 4.22. The van der Waals surface area contributed by atoms with Crippen LogP contribution in [0.5, 0.6) is 5.75 Å². The summed E-state index contributed by atoms with van der Waals surface area (Å²) in [6.45, 7) is 1.54. The molecule has 3 rings (SSSR count). The van der Waals surface area contributed by atoms with Crippen molar-refractivity contribution < 1.29 is 24.4 Å². The lowest BCUT2D eigenvalue weighted by Gasteiger charge is -2.15. The lowest BCUT2D eigenvalue weighted by atomic mass is 10.2. The summed E-state index contributed by atoms with van der Waals surface area (Å²) in [5, 5.41) is 1.94. The molecule has 118 valence electrons. The van der Waals surface area contributed by atoms with Crippen molar-refractivity contribution in [1.82, 2.24) is 0 Å². The van der Waals surface area contributed by atoms with Gasteiger partial charge in [-0.3, -0.25) is 9.59 Å². The minimum Gasteiger partial charge on any atom is -0.497 e. The summed E-state index contributed by atoms with van der Waals surface area (Å²) in [7, 11) is 1.58. The Morgan fingerprint density at radius 3 is 2.73 bits per heavy atom. The van der Waals surface area contributed by atoms with E-state index in [1.807, 2.05) is 5.32 Å². The van der Waals surface area contributed by atoms with Crippen LogP contribution in [-0.4, -0.2) is 44.2 Å². The van der Waals surface area contributed by atoms with Gasteiger partial charge >= 0.3 is 0 Å². The van der Waals surface area contributed by atoms with Crippen molar-refractivity contribution in [3.63, 3.8) is 0 Å². The second-order valence-corrected chi connectivity index (χ2v) is 5.68. The van der Waals surface area contributed by atoms with Gasteiger partial charge in [0, 0.05) is 6.61 Å². The number of hydrogen-bond donors (Lipinski definition) is 1. The first-order chi connectivity index (χ1) is 10.7. The molecule has 0 spiro atoms. The minimum atomic E-state index is -0.334. The molecule has 2 saturated heterocycles. The van der Waals surface area contributed by atoms with Crippen molar-refractivity contribution in [3.8, 4) is 5.75 Å². The normalized spacial score (nSPS) is 25.0.